The molecule has 0 spiro atoms. The van der Waals surface area contributed by atoms with E-state index in [9.17, 15) is 14.7 Å². The molecule has 8 heteroatoms. The summed E-state index contributed by atoms with van der Waals surface area (Å²) < 4.78 is 14.5. The van der Waals surface area contributed by atoms with Crippen LogP contribution in [0, 0.1) is 3.57 Å². The van der Waals surface area contributed by atoms with E-state index in [0.29, 0.717) is 3.57 Å². The second-order valence-electron chi connectivity index (χ2n) is 8.67. The molecule has 0 saturated carbocycles. The van der Waals surface area contributed by atoms with Crippen molar-refractivity contribution in [1.29, 1.82) is 0 Å². The van der Waals surface area contributed by atoms with Gasteiger partial charge in [0.2, 0.25) is 0 Å². The molecule has 2 heterocycles. The van der Waals surface area contributed by atoms with E-state index >= 15 is 0 Å². The maximum absolute atomic E-state index is 12.4. The molecule has 0 bridgehead atoms. The van der Waals surface area contributed by atoms with Gasteiger partial charge in [0.05, 0.1) is 16.3 Å². The molecular formula is C28H25IN2O5. The van der Waals surface area contributed by atoms with E-state index in [2.05, 4.69) is 4.98 Å². The number of H-pyrrole nitrogens is 1. The molecule has 1 aliphatic rings. The summed E-state index contributed by atoms with van der Waals surface area (Å²) in [6.07, 6.45) is -0.602. The third kappa shape index (κ3) is 4.69. The van der Waals surface area contributed by atoms with Gasteiger partial charge in [-0.05, 0) is 39.3 Å². The number of aliphatic hydroxyl groups is 1. The Bertz CT molecular complexity index is 1330. The molecule has 4 aromatic rings. The quantitative estimate of drug-likeness (QED) is 0.250. The van der Waals surface area contributed by atoms with Gasteiger partial charge in [-0.25, -0.2) is 4.79 Å². The Balaban J connectivity index is 1.50. The third-order valence-corrected chi connectivity index (χ3v) is 7.21. The van der Waals surface area contributed by atoms with Gasteiger partial charge in [0, 0.05) is 12.6 Å². The molecule has 2 N–H and O–H groups in total. The van der Waals surface area contributed by atoms with Gasteiger partial charge in [-0.15, -0.1) is 0 Å². The highest BCUT2D eigenvalue weighted by molar-refractivity contribution is 14.1. The van der Waals surface area contributed by atoms with E-state index in [0.717, 1.165) is 16.7 Å². The van der Waals surface area contributed by atoms with Crippen LogP contribution in [0.2, 0.25) is 0 Å². The van der Waals surface area contributed by atoms with Crippen LogP contribution in [0.3, 0.4) is 0 Å². The Morgan fingerprint density at radius 3 is 1.92 bits per heavy atom. The monoisotopic (exact) mass is 596 g/mol. The maximum Gasteiger partial charge on any atom is 0.330 e. The summed E-state index contributed by atoms with van der Waals surface area (Å²) in [4.78, 5) is 26.4. The van der Waals surface area contributed by atoms with Crippen LogP contribution in [-0.4, -0.2) is 33.5 Å². The predicted octanol–water partition coefficient (Wildman–Crippen LogP) is 3.80. The van der Waals surface area contributed by atoms with Crippen molar-refractivity contribution in [1.82, 2.24) is 9.55 Å². The summed E-state index contributed by atoms with van der Waals surface area (Å²) in [5.41, 5.74) is 0.850. The minimum Gasteiger partial charge on any atom is -0.390 e. The van der Waals surface area contributed by atoms with Crippen molar-refractivity contribution in [3.05, 3.63) is 138 Å². The first-order valence-corrected chi connectivity index (χ1v) is 12.7. The summed E-state index contributed by atoms with van der Waals surface area (Å²) in [6, 6.07) is 29.9. The Morgan fingerprint density at radius 1 is 0.917 bits per heavy atom. The average molecular weight is 596 g/mol. The van der Waals surface area contributed by atoms with Crippen molar-refractivity contribution in [2.45, 2.75) is 30.5 Å². The Hall–Kier alpha value is -3.05. The van der Waals surface area contributed by atoms with Crippen LogP contribution in [-0.2, 0) is 15.1 Å². The molecule has 36 heavy (non-hydrogen) atoms. The van der Waals surface area contributed by atoms with Crippen molar-refractivity contribution < 1.29 is 14.6 Å². The Morgan fingerprint density at radius 2 is 1.42 bits per heavy atom. The summed E-state index contributed by atoms with van der Waals surface area (Å²) >= 11 is 1.86. The zero-order chi connectivity index (χ0) is 25.1. The molecule has 5 rings (SSSR count). The smallest absolute Gasteiger partial charge is 0.330 e. The molecule has 1 fully saturated rings. The second-order valence-corrected chi connectivity index (χ2v) is 9.83. The van der Waals surface area contributed by atoms with Crippen LogP contribution in [0.4, 0.5) is 0 Å². The SMILES string of the molecule is O=c1[nH]c(=O)n(C2CC(O)C(COC(c3ccccc3)(c3ccccc3)c3ccccc3)O2)cc1I. The number of halogens is 1. The largest absolute Gasteiger partial charge is 0.390 e. The Labute approximate surface area is 221 Å². The minimum atomic E-state index is -0.949. The number of hydrogen-bond acceptors (Lipinski definition) is 5. The average Bonchev–Trinajstić information content (AvgIpc) is 3.28. The number of nitrogens with one attached hydrogen (secondary N) is 1. The van der Waals surface area contributed by atoms with E-state index in [4.69, 9.17) is 9.47 Å². The molecule has 1 saturated heterocycles. The maximum atomic E-state index is 12.4. The third-order valence-electron chi connectivity index (χ3n) is 6.44. The molecule has 0 radical (unpaired) electrons. The van der Waals surface area contributed by atoms with Crippen LogP contribution in [0.25, 0.3) is 0 Å². The standard InChI is InChI=1S/C28H25IN2O5/c29-22-17-31(27(34)30-26(22)33)25-16-23(32)24(36-25)18-35-28(19-10-4-1-5-11-19,20-12-6-2-7-13-20)21-14-8-3-9-15-21/h1-15,17,23-25,32H,16,18H2,(H,30,33,34). The lowest BCUT2D eigenvalue weighted by Crippen LogP contribution is -2.38. The van der Waals surface area contributed by atoms with E-state index < -0.39 is 35.3 Å². The Kier molecular flexibility index (Phi) is 7.20. The van der Waals surface area contributed by atoms with Crippen LogP contribution in [0.15, 0.2) is 107 Å². The zero-order valence-corrected chi connectivity index (χ0v) is 21.4. The number of ether oxygens (including phenoxy) is 2. The molecule has 3 atom stereocenters. The molecule has 1 aromatic heterocycles. The highest BCUT2D eigenvalue weighted by atomic mass is 127. The number of aromatic amines is 1. The zero-order valence-electron chi connectivity index (χ0n) is 19.3. The number of nitrogens with zero attached hydrogens (tertiary/aromatic N) is 1. The lowest BCUT2D eigenvalue weighted by atomic mass is 9.80. The lowest BCUT2D eigenvalue weighted by molar-refractivity contribution is -0.0944. The van der Waals surface area contributed by atoms with Gasteiger partial charge in [-0.1, -0.05) is 91.0 Å². The van der Waals surface area contributed by atoms with Gasteiger partial charge in [0.1, 0.15) is 17.9 Å². The predicted molar refractivity (Wildman–Crippen MR) is 144 cm³/mol. The fourth-order valence-electron chi connectivity index (χ4n) is 4.69. The normalized spacial score (nSPS) is 19.9. The summed E-state index contributed by atoms with van der Waals surface area (Å²) in [5, 5.41) is 10.8. The molecule has 7 nitrogen and oxygen atoms in total. The lowest BCUT2D eigenvalue weighted by Gasteiger charge is -2.37. The van der Waals surface area contributed by atoms with E-state index in [1.807, 2.05) is 114 Å². The van der Waals surface area contributed by atoms with Crippen LogP contribution >= 0.6 is 22.6 Å². The number of benzene rings is 3. The van der Waals surface area contributed by atoms with Gasteiger partial charge in [0.25, 0.3) is 5.56 Å². The van der Waals surface area contributed by atoms with E-state index in [1.165, 1.54) is 10.8 Å². The number of rotatable bonds is 7. The van der Waals surface area contributed by atoms with Crippen molar-refractivity contribution in [2.24, 2.45) is 0 Å². The fourth-order valence-corrected chi connectivity index (χ4v) is 5.12. The highest BCUT2D eigenvalue weighted by Gasteiger charge is 2.41. The first kappa shape index (κ1) is 24.6. The van der Waals surface area contributed by atoms with Gasteiger partial charge in [-0.3, -0.25) is 14.3 Å². The van der Waals surface area contributed by atoms with Crippen LogP contribution < -0.4 is 11.2 Å². The van der Waals surface area contributed by atoms with Gasteiger partial charge in [-0.2, -0.15) is 0 Å². The first-order valence-electron chi connectivity index (χ1n) is 11.6. The van der Waals surface area contributed by atoms with Crippen LogP contribution in [0.5, 0.6) is 0 Å². The molecule has 0 aliphatic carbocycles. The summed E-state index contributed by atoms with van der Waals surface area (Å²) in [7, 11) is 0. The topological polar surface area (TPSA) is 93.6 Å². The number of aliphatic hydroxyl groups excluding tert-OH is 1. The van der Waals surface area contributed by atoms with Crippen molar-refractivity contribution in [3.63, 3.8) is 0 Å². The number of hydrogen-bond donors (Lipinski definition) is 2. The van der Waals surface area contributed by atoms with Gasteiger partial charge < -0.3 is 14.6 Å². The molecule has 1 aliphatic heterocycles. The summed E-state index contributed by atoms with van der Waals surface area (Å²) in [6.45, 7) is 0.0749. The van der Waals surface area contributed by atoms with E-state index in [-0.39, 0.29) is 13.0 Å². The van der Waals surface area contributed by atoms with Gasteiger partial charge in [0.15, 0.2) is 0 Å². The second kappa shape index (κ2) is 10.5. The van der Waals surface area contributed by atoms with E-state index in [1.54, 1.807) is 0 Å². The minimum absolute atomic E-state index is 0.0749. The van der Waals surface area contributed by atoms with Crippen molar-refractivity contribution >= 4 is 22.6 Å². The molecular weight excluding hydrogens is 571 g/mol. The van der Waals surface area contributed by atoms with Gasteiger partial charge >= 0.3 is 5.69 Å². The number of aromatic nitrogens is 2. The fraction of sp³-hybridized carbons (Fsp3) is 0.214. The first-order chi connectivity index (χ1) is 17.5. The van der Waals surface area contributed by atoms with Crippen LogP contribution in [0.1, 0.15) is 29.3 Å². The highest BCUT2D eigenvalue weighted by Crippen LogP contribution is 2.41. The van der Waals surface area contributed by atoms with Crippen molar-refractivity contribution in [3.8, 4) is 0 Å². The summed E-state index contributed by atoms with van der Waals surface area (Å²) in [5.74, 6) is 0. The van der Waals surface area contributed by atoms with Crippen molar-refractivity contribution in [2.75, 3.05) is 6.61 Å². The molecule has 3 aromatic carbocycles. The molecule has 184 valence electrons. The molecule has 3 unspecified atom stereocenters. The molecule has 0 amide bonds.